The van der Waals surface area contributed by atoms with Crippen molar-refractivity contribution in [2.45, 2.75) is 10.6 Å². The molecule has 0 amide bonds. The zero-order chi connectivity index (χ0) is 13.2. The fourth-order valence-electron chi connectivity index (χ4n) is 1.44. The second-order valence-corrected chi connectivity index (χ2v) is 6.52. The second-order valence-electron chi connectivity index (χ2n) is 3.70. The maximum atomic E-state index is 12.1. The average Bonchev–Trinajstić information content (AvgIpc) is 2.32. The van der Waals surface area contributed by atoms with Gasteiger partial charge in [-0.1, -0.05) is 29.3 Å². The van der Waals surface area contributed by atoms with Crippen molar-refractivity contribution in [1.29, 1.82) is 0 Å². The van der Waals surface area contributed by atoms with Gasteiger partial charge in [0.15, 0.2) is 9.84 Å². The Bertz CT molecular complexity index is 637. The van der Waals surface area contributed by atoms with E-state index in [2.05, 4.69) is 4.98 Å². The molecule has 94 valence electrons. The molecule has 6 heteroatoms. The minimum absolute atomic E-state index is 0.112. The molecule has 3 nitrogen and oxygen atoms in total. The number of rotatable bonds is 3. The maximum Gasteiger partial charge on any atom is 0.182 e. The molecule has 0 unspecified atom stereocenters. The third-order valence-electron chi connectivity index (χ3n) is 2.32. The lowest BCUT2D eigenvalue weighted by molar-refractivity contribution is 0.595. The predicted molar refractivity (Wildman–Crippen MR) is 71.6 cm³/mol. The van der Waals surface area contributed by atoms with E-state index >= 15 is 0 Å². The van der Waals surface area contributed by atoms with Gasteiger partial charge in [-0.15, -0.1) is 0 Å². The van der Waals surface area contributed by atoms with Gasteiger partial charge in [-0.2, -0.15) is 0 Å². The summed E-state index contributed by atoms with van der Waals surface area (Å²) in [7, 11) is -3.38. The summed E-state index contributed by atoms with van der Waals surface area (Å²) < 4.78 is 24.2. The molecule has 0 saturated heterocycles. The van der Waals surface area contributed by atoms with E-state index in [1.807, 2.05) is 0 Å². The molecule has 0 radical (unpaired) electrons. The van der Waals surface area contributed by atoms with E-state index < -0.39 is 9.84 Å². The molecule has 0 N–H and O–H groups in total. The zero-order valence-corrected chi connectivity index (χ0v) is 11.5. The van der Waals surface area contributed by atoms with E-state index in [-0.39, 0.29) is 10.6 Å². The molecule has 0 atom stereocenters. The Hall–Kier alpha value is -1.10. The molecule has 1 aromatic carbocycles. The lowest BCUT2D eigenvalue weighted by atomic mass is 10.3. The Balaban J connectivity index is 2.27. The van der Waals surface area contributed by atoms with Crippen LogP contribution in [0.3, 0.4) is 0 Å². The minimum Gasteiger partial charge on any atom is -0.244 e. The first-order valence-corrected chi connectivity index (χ1v) is 7.47. The zero-order valence-electron chi connectivity index (χ0n) is 9.18. The fourth-order valence-corrected chi connectivity index (χ4v) is 3.00. The first kappa shape index (κ1) is 13.3. The lowest BCUT2D eigenvalue weighted by Gasteiger charge is -2.04. The molecular weight excluding hydrogens is 293 g/mol. The molecule has 0 aliphatic carbocycles. The van der Waals surface area contributed by atoms with Gasteiger partial charge in [-0.25, -0.2) is 13.4 Å². The number of nitrogens with zero attached hydrogens (tertiary/aromatic N) is 1. The van der Waals surface area contributed by atoms with Crippen LogP contribution in [0.25, 0.3) is 0 Å². The van der Waals surface area contributed by atoms with Gasteiger partial charge in [0.25, 0.3) is 0 Å². The van der Waals surface area contributed by atoms with E-state index in [0.717, 1.165) is 0 Å². The van der Waals surface area contributed by atoms with Crippen LogP contribution < -0.4 is 0 Å². The topological polar surface area (TPSA) is 47.0 Å². The number of benzene rings is 1. The molecule has 0 fully saturated rings. The molecule has 0 saturated carbocycles. The number of hydrogen-bond acceptors (Lipinski definition) is 3. The number of hydrogen-bond donors (Lipinski definition) is 0. The van der Waals surface area contributed by atoms with Crippen LogP contribution in [0.1, 0.15) is 5.56 Å². The summed E-state index contributed by atoms with van der Waals surface area (Å²) in [5.74, 6) is -0.112. The summed E-state index contributed by atoms with van der Waals surface area (Å²) in [6.07, 6.45) is 1.45. The largest absolute Gasteiger partial charge is 0.244 e. The van der Waals surface area contributed by atoms with Crippen LogP contribution in [0.2, 0.25) is 10.2 Å². The Labute approximate surface area is 115 Å². The van der Waals surface area contributed by atoms with Gasteiger partial charge < -0.3 is 0 Å². The summed E-state index contributed by atoms with van der Waals surface area (Å²) in [5, 5.41) is 0.838. The molecule has 2 aromatic rings. The molecule has 2 rings (SSSR count). The van der Waals surface area contributed by atoms with Crippen molar-refractivity contribution < 1.29 is 8.42 Å². The Morgan fingerprint density at radius 3 is 2.22 bits per heavy atom. The van der Waals surface area contributed by atoms with Crippen molar-refractivity contribution in [1.82, 2.24) is 4.98 Å². The first-order valence-electron chi connectivity index (χ1n) is 5.06. The highest BCUT2D eigenvalue weighted by molar-refractivity contribution is 7.90. The Morgan fingerprint density at radius 2 is 1.67 bits per heavy atom. The number of sulfone groups is 1. The van der Waals surface area contributed by atoms with E-state index in [1.165, 1.54) is 18.3 Å². The third-order valence-corrected chi connectivity index (χ3v) is 4.50. The highest BCUT2D eigenvalue weighted by Crippen LogP contribution is 2.19. The Kier molecular flexibility index (Phi) is 3.90. The van der Waals surface area contributed by atoms with Crippen molar-refractivity contribution in [2.24, 2.45) is 0 Å². The third kappa shape index (κ3) is 3.22. The van der Waals surface area contributed by atoms with E-state index in [1.54, 1.807) is 24.3 Å². The SMILES string of the molecule is O=S(=O)(Cc1ccc(Cl)nc1)c1ccc(Cl)cc1. The van der Waals surface area contributed by atoms with Crippen LogP contribution in [0.5, 0.6) is 0 Å². The monoisotopic (exact) mass is 301 g/mol. The quantitative estimate of drug-likeness (QED) is 0.817. The highest BCUT2D eigenvalue weighted by atomic mass is 35.5. The van der Waals surface area contributed by atoms with Gasteiger partial charge in [0, 0.05) is 11.2 Å². The van der Waals surface area contributed by atoms with Crippen LogP contribution >= 0.6 is 23.2 Å². The van der Waals surface area contributed by atoms with E-state index in [9.17, 15) is 8.42 Å². The van der Waals surface area contributed by atoms with Crippen molar-refractivity contribution in [2.75, 3.05) is 0 Å². The molecule has 1 aromatic heterocycles. The number of aromatic nitrogens is 1. The van der Waals surface area contributed by atoms with Crippen LogP contribution in [0.4, 0.5) is 0 Å². The van der Waals surface area contributed by atoms with Crippen LogP contribution in [0, 0.1) is 0 Å². The number of halogens is 2. The molecule has 0 bridgehead atoms. The average molecular weight is 302 g/mol. The van der Waals surface area contributed by atoms with Gasteiger partial charge in [0.05, 0.1) is 10.6 Å². The second kappa shape index (κ2) is 5.26. The molecule has 0 aliphatic rings. The lowest BCUT2D eigenvalue weighted by Crippen LogP contribution is -2.05. The highest BCUT2D eigenvalue weighted by Gasteiger charge is 2.15. The minimum atomic E-state index is -3.38. The van der Waals surface area contributed by atoms with E-state index in [4.69, 9.17) is 23.2 Å². The predicted octanol–water partition coefficient (Wildman–Crippen LogP) is 3.36. The summed E-state index contributed by atoms with van der Waals surface area (Å²) in [5.41, 5.74) is 0.592. The molecule has 18 heavy (non-hydrogen) atoms. The number of pyridine rings is 1. The van der Waals surface area contributed by atoms with Gasteiger partial charge in [0.1, 0.15) is 5.15 Å². The fraction of sp³-hybridized carbons (Fsp3) is 0.0833. The van der Waals surface area contributed by atoms with Crippen molar-refractivity contribution in [3.8, 4) is 0 Å². The van der Waals surface area contributed by atoms with Crippen LogP contribution in [-0.4, -0.2) is 13.4 Å². The molecule has 0 aliphatic heterocycles. The van der Waals surface area contributed by atoms with E-state index in [0.29, 0.717) is 15.7 Å². The van der Waals surface area contributed by atoms with Crippen molar-refractivity contribution in [3.63, 3.8) is 0 Å². The smallest absolute Gasteiger partial charge is 0.182 e. The summed E-state index contributed by atoms with van der Waals surface area (Å²) >= 11 is 11.4. The summed E-state index contributed by atoms with van der Waals surface area (Å²) in [4.78, 5) is 4.09. The van der Waals surface area contributed by atoms with Gasteiger partial charge in [-0.05, 0) is 35.9 Å². The normalized spacial score (nSPS) is 11.4. The Morgan fingerprint density at radius 1 is 1.00 bits per heavy atom. The summed E-state index contributed by atoms with van der Waals surface area (Å²) in [6.45, 7) is 0. The standard InChI is InChI=1S/C12H9Cl2NO2S/c13-10-2-4-11(5-3-10)18(16,17)8-9-1-6-12(14)15-7-9/h1-7H,8H2. The molecule has 1 heterocycles. The van der Waals surface area contributed by atoms with Crippen LogP contribution in [-0.2, 0) is 15.6 Å². The first-order chi connectivity index (χ1) is 8.47. The van der Waals surface area contributed by atoms with Crippen LogP contribution in [0.15, 0.2) is 47.5 Å². The van der Waals surface area contributed by atoms with Gasteiger partial charge >= 0.3 is 0 Å². The van der Waals surface area contributed by atoms with Gasteiger partial charge in [0.2, 0.25) is 0 Å². The molecular formula is C12H9Cl2NO2S. The van der Waals surface area contributed by atoms with Gasteiger partial charge in [-0.3, -0.25) is 0 Å². The summed E-state index contributed by atoms with van der Waals surface area (Å²) in [6, 6.07) is 9.28. The molecule has 0 spiro atoms. The van der Waals surface area contributed by atoms with Crippen molar-refractivity contribution >= 4 is 33.0 Å². The van der Waals surface area contributed by atoms with Crippen molar-refractivity contribution in [3.05, 3.63) is 58.3 Å². The maximum absolute atomic E-state index is 12.1.